The van der Waals surface area contributed by atoms with Crippen LogP contribution < -0.4 is 0 Å². The third kappa shape index (κ3) is 2.58. The van der Waals surface area contributed by atoms with Crippen molar-refractivity contribution in [2.45, 2.75) is 38.7 Å². The SMILES string of the molecule is Cc1sc(C(=O)O)cc1C(=O)N1CCC2(CC1)CC(O)C2. The summed E-state index contributed by atoms with van der Waals surface area (Å²) < 4.78 is 0. The van der Waals surface area contributed by atoms with Crippen molar-refractivity contribution < 1.29 is 19.8 Å². The van der Waals surface area contributed by atoms with Crippen molar-refractivity contribution in [1.82, 2.24) is 4.90 Å². The maximum absolute atomic E-state index is 12.5. The molecule has 0 aromatic carbocycles. The number of piperidine rings is 1. The summed E-state index contributed by atoms with van der Waals surface area (Å²) in [5, 5.41) is 18.5. The number of thiophene rings is 1. The van der Waals surface area contributed by atoms with Gasteiger partial charge in [-0.3, -0.25) is 4.79 Å². The molecule has 114 valence electrons. The standard InChI is InChI=1S/C15H19NO4S/c1-9-11(6-12(21-9)14(19)20)13(18)16-4-2-15(3-5-16)7-10(17)8-15/h6,10,17H,2-5,7-8H2,1H3,(H,19,20). The molecule has 0 radical (unpaired) electrons. The van der Waals surface area contributed by atoms with Crippen LogP contribution in [0.4, 0.5) is 0 Å². The number of carboxylic acids is 1. The number of hydrogen-bond donors (Lipinski definition) is 2. The molecular weight excluding hydrogens is 290 g/mol. The van der Waals surface area contributed by atoms with E-state index in [-0.39, 0.29) is 22.3 Å². The number of aliphatic hydroxyl groups is 1. The summed E-state index contributed by atoms with van der Waals surface area (Å²) in [4.78, 5) is 26.3. The number of nitrogens with zero attached hydrogens (tertiary/aromatic N) is 1. The molecule has 1 saturated heterocycles. The van der Waals surface area contributed by atoms with Gasteiger partial charge >= 0.3 is 5.97 Å². The minimum Gasteiger partial charge on any atom is -0.477 e. The van der Waals surface area contributed by atoms with E-state index in [4.69, 9.17) is 5.11 Å². The van der Waals surface area contributed by atoms with E-state index in [1.165, 1.54) is 6.07 Å². The lowest BCUT2D eigenvalue weighted by Gasteiger charge is -2.50. The Morgan fingerprint density at radius 1 is 1.33 bits per heavy atom. The molecule has 2 fully saturated rings. The first-order valence-electron chi connectivity index (χ1n) is 7.21. The maximum Gasteiger partial charge on any atom is 0.345 e. The van der Waals surface area contributed by atoms with Crippen LogP contribution >= 0.6 is 11.3 Å². The van der Waals surface area contributed by atoms with Gasteiger partial charge in [0, 0.05) is 18.0 Å². The number of aromatic carboxylic acids is 1. The lowest BCUT2D eigenvalue weighted by Crippen LogP contribution is -2.50. The van der Waals surface area contributed by atoms with Crippen LogP contribution in [0, 0.1) is 12.3 Å². The molecule has 0 bridgehead atoms. The van der Waals surface area contributed by atoms with E-state index >= 15 is 0 Å². The summed E-state index contributed by atoms with van der Waals surface area (Å²) in [6.07, 6.45) is 3.42. The largest absolute Gasteiger partial charge is 0.477 e. The average molecular weight is 309 g/mol. The van der Waals surface area contributed by atoms with Crippen LogP contribution in [0.25, 0.3) is 0 Å². The number of carboxylic acid groups (broad SMARTS) is 1. The number of aliphatic hydroxyl groups excluding tert-OH is 1. The smallest absolute Gasteiger partial charge is 0.345 e. The lowest BCUT2D eigenvalue weighted by atomic mass is 9.61. The van der Waals surface area contributed by atoms with Crippen LogP contribution in [0.15, 0.2) is 6.07 Å². The van der Waals surface area contributed by atoms with Gasteiger partial charge in [0.1, 0.15) is 4.88 Å². The van der Waals surface area contributed by atoms with Crippen LogP contribution in [0.3, 0.4) is 0 Å². The molecule has 1 aliphatic heterocycles. The van der Waals surface area contributed by atoms with Crippen molar-refractivity contribution in [2.75, 3.05) is 13.1 Å². The fourth-order valence-electron chi connectivity index (χ4n) is 3.50. The molecule has 0 atom stereocenters. The topological polar surface area (TPSA) is 77.8 Å². The highest BCUT2D eigenvalue weighted by molar-refractivity contribution is 7.14. The zero-order chi connectivity index (χ0) is 15.2. The summed E-state index contributed by atoms with van der Waals surface area (Å²) >= 11 is 1.15. The zero-order valence-electron chi connectivity index (χ0n) is 12.0. The molecule has 21 heavy (non-hydrogen) atoms. The molecule has 2 heterocycles. The molecule has 0 unspecified atom stereocenters. The highest BCUT2D eigenvalue weighted by Crippen LogP contribution is 2.49. The van der Waals surface area contributed by atoms with Gasteiger partial charge in [0.25, 0.3) is 5.91 Å². The third-order valence-corrected chi connectivity index (χ3v) is 5.85. The van der Waals surface area contributed by atoms with Crippen molar-refractivity contribution >= 4 is 23.2 Å². The first-order chi connectivity index (χ1) is 9.90. The number of carbonyl (C=O) groups excluding carboxylic acids is 1. The molecule has 1 amide bonds. The third-order valence-electron chi connectivity index (χ3n) is 4.81. The summed E-state index contributed by atoms with van der Waals surface area (Å²) in [6, 6.07) is 1.49. The number of hydrogen-bond acceptors (Lipinski definition) is 4. The molecular formula is C15H19NO4S. The van der Waals surface area contributed by atoms with Crippen LogP contribution in [0.2, 0.25) is 0 Å². The molecule has 1 aromatic rings. The minimum atomic E-state index is -0.983. The predicted molar refractivity (Wildman–Crippen MR) is 78.8 cm³/mol. The number of carbonyl (C=O) groups is 2. The quantitative estimate of drug-likeness (QED) is 0.877. The fraction of sp³-hybridized carbons (Fsp3) is 0.600. The van der Waals surface area contributed by atoms with Gasteiger partial charge in [-0.2, -0.15) is 0 Å². The van der Waals surface area contributed by atoms with Crippen molar-refractivity contribution in [3.8, 4) is 0 Å². The normalized spacial score (nSPS) is 21.3. The second-order valence-corrected chi connectivity index (χ2v) is 7.50. The first-order valence-corrected chi connectivity index (χ1v) is 8.03. The van der Waals surface area contributed by atoms with Crippen LogP contribution in [-0.4, -0.2) is 46.2 Å². The van der Waals surface area contributed by atoms with Crippen molar-refractivity contribution in [3.05, 3.63) is 21.4 Å². The van der Waals surface area contributed by atoms with E-state index < -0.39 is 5.97 Å². The van der Waals surface area contributed by atoms with E-state index in [0.717, 1.165) is 41.9 Å². The minimum absolute atomic E-state index is 0.0639. The van der Waals surface area contributed by atoms with Gasteiger partial charge < -0.3 is 15.1 Å². The Kier molecular flexibility index (Phi) is 3.53. The molecule has 1 aliphatic carbocycles. The van der Waals surface area contributed by atoms with Gasteiger partial charge in [0.15, 0.2) is 0 Å². The maximum atomic E-state index is 12.5. The van der Waals surface area contributed by atoms with Crippen LogP contribution in [0.5, 0.6) is 0 Å². The molecule has 2 N–H and O–H groups in total. The molecule has 1 spiro atoms. The van der Waals surface area contributed by atoms with E-state index in [1.807, 2.05) is 4.90 Å². The summed E-state index contributed by atoms with van der Waals surface area (Å²) in [5.41, 5.74) is 0.758. The number of amides is 1. The Morgan fingerprint density at radius 3 is 2.43 bits per heavy atom. The second kappa shape index (κ2) is 5.10. The van der Waals surface area contributed by atoms with Crippen LogP contribution in [0.1, 0.15) is 50.6 Å². The average Bonchev–Trinajstić information content (AvgIpc) is 2.80. The Bertz CT molecular complexity index is 578. The number of rotatable bonds is 2. The van der Waals surface area contributed by atoms with Gasteiger partial charge in [-0.15, -0.1) is 11.3 Å². The molecule has 3 rings (SSSR count). The molecule has 1 aromatic heterocycles. The van der Waals surface area contributed by atoms with Gasteiger partial charge in [-0.25, -0.2) is 4.79 Å². The van der Waals surface area contributed by atoms with E-state index in [2.05, 4.69) is 0 Å². The molecule has 2 aliphatic rings. The number of likely N-dealkylation sites (tertiary alicyclic amines) is 1. The van der Waals surface area contributed by atoms with Crippen molar-refractivity contribution in [3.63, 3.8) is 0 Å². The first kappa shape index (κ1) is 14.5. The summed E-state index contributed by atoms with van der Waals surface area (Å²) in [5.74, 6) is -1.05. The van der Waals surface area contributed by atoms with E-state index in [9.17, 15) is 14.7 Å². The van der Waals surface area contributed by atoms with E-state index in [0.29, 0.717) is 18.7 Å². The molecule has 1 saturated carbocycles. The molecule has 6 heteroatoms. The number of aryl methyl sites for hydroxylation is 1. The Hall–Kier alpha value is -1.40. The zero-order valence-corrected chi connectivity index (χ0v) is 12.8. The fourth-order valence-corrected chi connectivity index (χ4v) is 4.35. The summed E-state index contributed by atoms with van der Waals surface area (Å²) in [6.45, 7) is 3.19. The summed E-state index contributed by atoms with van der Waals surface area (Å²) in [7, 11) is 0. The van der Waals surface area contributed by atoms with Gasteiger partial charge in [-0.1, -0.05) is 0 Å². The van der Waals surface area contributed by atoms with Crippen LogP contribution in [-0.2, 0) is 0 Å². The predicted octanol–water partition coefficient (Wildman–Crippen LogP) is 2.13. The highest BCUT2D eigenvalue weighted by Gasteiger charge is 2.45. The Balaban J connectivity index is 1.68. The van der Waals surface area contributed by atoms with Crippen molar-refractivity contribution in [2.24, 2.45) is 5.41 Å². The van der Waals surface area contributed by atoms with Gasteiger partial charge in [-0.05, 0) is 44.1 Å². The molecule has 5 nitrogen and oxygen atoms in total. The Labute approximate surface area is 127 Å². The van der Waals surface area contributed by atoms with Crippen molar-refractivity contribution in [1.29, 1.82) is 0 Å². The highest BCUT2D eigenvalue weighted by atomic mass is 32.1. The Morgan fingerprint density at radius 2 is 1.95 bits per heavy atom. The van der Waals surface area contributed by atoms with Gasteiger partial charge in [0.05, 0.1) is 11.7 Å². The van der Waals surface area contributed by atoms with E-state index in [1.54, 1.807) is 6.92 Å². The van der Waals surface area contributed by atoms with Gasteiger partial charge in [0.2, 0.25) is 0 Å². The monoisotopic (exact) mass is 309 g/mol. The lowest BCUT2D eigenvalue weighted by molar-refractivity contribution is -0.0637. The second-order valence-electron chi connectivity index (χ2n) is 6.24.